The largest absolute Gasteiger partial charge is 0.481 e. The molecule has 0 saturated heterocycles. The van der Waals surface area contributed by atoms with Crippen LogP contribution in [0, 0.1) is 11.8 Å². The number of nitrogens with zero attached hydrogens (tertiary/aromatic N) is 1. The van der Waals surface area contributed by atoms with E-state index in [0.29, 0.717) is 24.1 Å². The van der Waals surface area contributed by atoms with Crippen LogP contribution in [-0.2, 0) is 9.59 Å². The van der Waals surface area contributed by atoms with E-state index in [1.165, 1.54) is 0 Å². The Balaban J connectivity index is 2.03. The summed E-state index contributed by atoms with van der Waals surface area (Å²) in [5.41, 5.74) is 1.18. The third-order valence-electron chi connectivity index (χ3n) is 5.09. The van der Waals surface area contributed by atoms with Crippen LogP contribution in [-0.4, -0.2) is 40.9 Å². The van der Waals surface area contributed by atoms with Crippen molar-refractivity contribution >= 4 is 23.5 Å². The molecule has 27 heavy (non-hydrogen) atoms. The zero-order chi connectivity index (χ0) is 19.8. The van der Waals surface area contributed by atoms with Crippen LogP contribution in [0.4, 0.5) is 5.69 Å². The zero-order valence-electron chi connectivity index (χ0n) is 16.2. The lowest BCUT2D eigenvalue weighted by atomic mass is 9.78. The normalized spacial score (nSPS) is 19.3. The van der Waals surface area contributed by atoms with E-state index in [4.69, 9.17) is 0 Å². The Morgan fingerprint density at radius 2 is 1.56 bits per heavy atom. The number of nitrogens with one attached hydrogen (secondary N) is 1. The molecule has 6 heteroatoms. The van der Waals surface area contributed by atoms with Gasteiger partial charge in [0.15, 0.2) is 0 Å². The molecule has 0 spiro atoms. The van der Waals surface area contributed by atoms with E-state index in [-0.39, 0.29) is 11.8 Å². The quantitative estimate of drug-likeness (QED) is 0.725. The lowest BCUT2D eigenvalue weighted by Gasteiger charge is -2.27. The lowest BCUT2D eigenvalue weighted by Crippen LogP contribution is -2.36. The van der Waals surface area contributed by atoms with Crippen molar-refractivity contribution in [2.24, 2.45) is 11.8 Å². The highest BCUT2D eigenvalue weighted by Crippen LogP contribution is 2.31. The van der Waals surface area contributed by atoms with Gasteiger partial charge in [0.25, 0.3) is 5.91 Å². The Labute approximate surface area is 160 Å². The first-order valence-corrected chi connectivity index (χ1v) is 9.90. The maximum atomic E-state index is 12.6. The van der Waals surface area contributed by atoms with Crippen LogP contribution in [0.25, 0.3) is 0 Å². The number of carbonyl (C=O) groups excluding carboxylic acids is 2. The molecule has 2 rings (SSSR count). The first-order chi connectivity index (χ1) is 13.0. The molecule has 1 aromatic rings. The highest BCUT2D eigenvalue weighted by atomic mass is 16.4. The molecule has 0 unspecified atom stereocenters. The number of carboxylic acids is 1. The van der Waals surface area contributed by atoms with Gasteiger partial charge >= 0.3 is 5.97 Å². The Morgan fingerprint density at radius 1 is 1.00 bits per heavy atom. The number of carboxylic acid groups (broad SMARTS) is 1. The van der Waals surface area contributed by atoms with Crippen LogP contribution in [0.2, 0.25) is 0 Å². The van der Waals surface area contributed by atoms with E-state index in [2.05, 4.69) is 5.32 Å². The van der Waals surface area contributed by atoms with Crippen molar-refractivity contribution in [3.63, 3.8) is 0 Å². The van der Waals surface area contributed by atoms with Gasteiger partial charge < -0.3 is 15.3 Å². The fraction of sp³-hybridized carbons (Fsp3) is 0.571. The van der Waals surface area contributed by atoms with Crippen LogP contribution < -0.4 is 5.32 Å². The van der Waals surface area contributed by atoms with Crippen molar-refractivity contribution in [1.82, 2.24) is 4.90 Å². The highest BCUT2D eigenvalue weighted by Gasteiger charge is 2.35. The molecule has 148 valence electrons. The summed E-state index contributed by atoms with van der Waals surface area (Å²) in [7, 11) is 0. The average molecular weight is 374 g/mol. The van der Waals surface area contributed by atoms with Crippen molar-refractivity contribution in [3.05, 3.63) is 29.8 Å². The molecule has 0 radical (unpaired) electrons. The minimum atomic E-state index is -0.900. The van der Waals surface area contributed by atoms with Gasteiger partial charge in [-0.2, -0.15) is 0 Å². The molecule has 1 fully saturated rings. The molecular formula is C21H30N2O4. The monoisotopic (exact) mass is 374 g/mol. The van der Waals surface area contributed by atoms with Crippen molar-refractivity contribution in [1.29, 1.82) is 0 Å². The van der Waals surface area contributed by atoms with Crippen LogP contribution in [0.5, 0.6) is 0 Å². The molecule has 0 heterocycles. The Kier molecular flexibility index (Phi) is 7.82. The maximum absolute atomic E-state index is 12.6. The summed E-state index contributed by atoms with van der Waals surface area (Å²) in [6.45, 7) is 5.54. The summed E-state index contributed by atoms with van der Waals surface area (Å²) in [6.07, 6.45) is 4.69. The second-order valence-electron chi connectivity index (χ2n) is 7.19. The smallest absolute Gasteiger partial charge is 0.307 e. The molecule has 1 saturated carbocycles. The van der Waals surface area contributed by atoms with E-state index in [9.17, 15) is 19.5 Å². The SMILES string of the molecule is CCCN(CCC)C(=O)c1ccc(NC(=O)[C@@H]2CCCC[C@@H]2C(=O)O)cc1. The molecule has 2 atom stereocenters. The fourth-order valence-corrected chi connectivity index (χ4v) is 3.71. The number of amides is 2. The van der Waals surface area contributed by atoms with Crippen molar-refractivity contribution in [2.45, 2.75) is 52.4 Å². The molecule has 1 aliphatic carbocycles. The molecule has 2 N–H and O–H groups in total. The Morgan fingerprint density at radius 3 is 2.07 bits per heavy atom. The molecule has 0 aliphatic heterocycles. The highest BCUT2D eigenvalue weighted by molar-refractivity contribution is 5.97. The molecule has 1 aliphatic rings. The van der Waals surface area contributed by atoms with E-state index in [0.717, 1.165) is 38.8 Å². The van der Waals surface area contributed by atoms with Gasteiger partial charge in [-0.15, -0.1) is 0 Å². The van der Waals surface area contributed by atoms with Gasteiger partial charge in [-0.1, -0.05) is 26.7 Å². The predicted octanol–water partition coefficient (Wildman–Crippen LogP) is 3.78. The summed E-state index contributed by atoms with van der Waals surface area (Å²) >= 11 is 0. The summed E-state index contributed by atoms with van der Waals surface area (Å²) in [6, 6.07) is 6.84. The zero-order valence-corrected chi connectivity index (χ0v) is 16.2. The second-order valence-corrected chi connectivity index (χ2v) is 7.19. The third-order valence-corrected chi connectivity index (χ3v) is 5.09. The van der Waals surface area contributed by atoms with Gasteiger partial charge in [0.2, 0.25) is 5.91 Å². The Hall–Kier alpha value is -2.37. The van der Waals surface area contributed by atoms with Gasteiger partial charge in [-0.3, -0.25) is 14.4 Å². The van der Waals surface area contributed by atoms with Crippen LogP contribution in [0.3, 0.4) is 0 Å². The number of hydrogen-bond donors (Lipinski definition) is 2. The summed E-state index contributed by atoms with van der Waals surface area (Å²) < 4.78 is 0. The molecule has 0 bridgehead atoms. The number of hydrogen-bond acceptors (Lipinski definition) is 3. The molecule has 1 aromatic carbocycles. The molecule has 6 nitrogen and oxygen atoms in total. The number of aliphatic carboxylic acids is 1. The number of carbonyl (C=O) groups is 3. The number of benzene rings is 1. The van der Waals surface area contributed by atoms with Gasteiger partial charge in [-0.25, -0.2) is 0 Å². The fourth-order valence-electron chi connectivity index (χ4n) is 3.71. The van der Waals surface area contributed by atoms with Crippen LogP contribution in [0.1, 0.15) is 62.7 Å². The van der Waals surface area contributed by atoms with E-state index >= 15 is 0 Å². The maximum Gasteiger partial charge on any atom is 0.307 e. The topological polar surface area (TPSA) is 86.7 Å². The number of anilines is 1. The lowest BCUT2D eigenvalue weighted by molar-refractivity contribution is -0.147. The standard InChI is InChI=1S/C21H30N2O4/c1-3-13-23(14-4-2)20(25)15-9-11-16(12-10-15)22-19(24)17-7-5-6-8-18(17)21(26)27/h9-12,17-18H,3-8,13-14H2,1-2H3,(H,22,24)(H,26,27)/t17-,18+/m1/s1. The van der Waals surface area contributed by atoms with Crippen molar-refractivity contribution in [3.8, 4) is 0 Å². The Bertz CT molecular complexity index is 651. The van der Waals surface area contributed by atoms with Crippen LogP contribution >= 0.6 is 0 Å². The predicted molar refractivity (Wildman–Crippen MR) is 105 cm³/mol. The van der Waals surface area contributed by atoms with Gasteiger partial charge in [0, 0.05) is 24.3 Å². The van der Waals surface area contributed by atoms with Gasteiger partial charge in [0.05, 0.1) is 11.8 Å². The van der Waals surface area contributed by atoms with E-state index in [1.807, 2.05) is 18.7 Å². The summed E-state index contributed by atoms with van der Waals surface area (Å²) in [4.78, 5) is 38.4. The van der Waals surface area contributed by atoms with Crippen molar-refractivity contribution < 1.29 is 19.5 Å². The minimum absolute atomic E-state index is 0.00482. The molecular weight excluding hydrogens is 344 g/mol. The summed E-state index contributed by atoms with van der Waals surface area (Å²) in [5, 5.41) is 12.2. The third kappa shape index (κ3) is 5.55. The van der Waals surface area contributed by atoms with E-state index in [1.54, 1.807) is 24.3 Å². The molecule has 2 amide bonds. The van der Waals surface area contributed by atoms with E-state index < -0.39 is 17.8 Å². The minimum Gasteiger partial charge on any atom is -0.481 e. The number of rotatable bonds is 8. The van der Waals surface area contributed by atoms with Gasteiger partial charge in [0.1, 0.15) is 0 Å². The second kappa shape index (κ2) is 10.1. The van der Waals surface area contributed by atoms with Crippen molar-refractivity contribution in [2.75, 3.05) is 18.4 Å². The van der Waals surface area contributed by atoms with Gasteiger partial charge in [-0.05, 0) is 49.9 Å². The summed E-state index contributed by atoms with van der Waals surface area (Å²) in [5.74, 6) is -2.27. The molecule has 0 aromatic heterocycles. The first-order valence-electron chi connectivity index (χ1n) is 9.90. The first kappa shape index (κ1) is 20.9. The van der Waals surface area contributed by atoms with Crippen LogP contribution in [0.15, 0.2) is 24.3 Å². The average Bonchev–Trinajstić information content (AvgIpc) is 2.67.